The molecule has 0 aliphatic carbocycles. The summed E-state index contributed by atoms with van der Waals surface area (Å²) in [6, 6.07) is 16.3. The summed E-state index contributed by atoms with van der Waals surface area (Å²) in [7, 11) is -3.63. The fraction of sp³-hybridized carbons (Fsp3) is 0.143. The molecule has 142 valence electrons. The van der Waals surface area contributed by atoms with Gasteiger partial charge in [-0.3, -0.25) is 4.72 Å². The molecular formula is C21H19N3O2S2. The molecule has 0 aliphatic rings. The number of nitrogens with one attached hydrogen (secondary N) is 1. The van der Waals surface area contributed by atoms with Gasteiger partial charge >= 0.3 is 0 Å². The van der Waals surface area contributed by atoms with Crippen molar-refractivity contribution < 1.29 is 8.42 Å². The molecule has 0 saturated heterocycles. The maximum absolute atomic E-state index is 12.7. The van der Waals surface area contributed by atoms with Gasteiger partial charge in [0, 0.05) is 11.8 Å². The Morgan fingerprint density at radius 2 is 1.86 bits per heavy atom. The molecule has 28 heavy (non-hydrogen) atoms. The molecule has 0 amide bonds. The lowest BCUT2D eigenvalue weighted by atomic mass is 10.1. The molecule has 4 rings (SSSR count). The van der Waals surface area contributed by atoms with E-state index in [0.29, 0.717) is 5.69 Å². The maximum atomic E-state index is 12.7. The minimum Gasteiger partial charge on any atom is -0.279 e. The van der Waals surface area contributed by atoms with Crippen LogP contribution >= 0.6 is 11.3 Å². The molecule has 0 bridgehead atoms. The Balaban J connectivity index is 1.62. The molecule has 2 aromatic carbocycles. The van der Waals surface area contributed by atoms with Gasteiger partial charge in [-0.15, -0.1) is 0 Å². The van der Waals surface area contributed by atoms with Crippen LogP contribution in [0, 0.1) is 6.92 Å². The smallest absolute Gasteiger partial charge is 0.261 e. The van der Waals surface area contributed by atoms with E-state index in [0.717, 1.165) is 38.5 Å². The van der Waals surface area contributed by atoms with E-state index in [2.05, 4.69) is 14.7 Å². The number of sulfonamides is 1. The Morgan fingerprint density at radius 1 is 1.07 bits per heavy atom. The molecule has 0 spiro atoms. The first-order valence-electron chi connectivity index (χ1n) is 8.90. The third-order valence-corrected chi connectivity index (χ3v) is 6.94. The first-order valence-corrected chi connectivity index (χ1v) is 11.2. The van der Waals surface area contributed by atoms with E-state index < -0.39 is 10.0 Å². The molecule has 4 aromatic rings. The molecule has 0 fully saturated rings. The van der Waals surface area contributed by atoms with Crippen molar-refractivity contribution >= 4 is 37.4 Å². The van der Waals surface area contributed by atoms with Gasteiger partial charge in [-0.05, 0) is 66.9 Å². The number of nitrogens with zero attached hydrogens (tertiary/aromatic N) is 2. The van der Waals surface area contributed by atoms with Crippen molar-refractivity contribution in [3.63, 3.8) is 0 Å². The van der Waals surface area contributed by atoms with Crippen molar-refractivity contribution in [3.8, 4) is 10.6 Å². The molecule has 0 saturated carbocycles. The Labute approximate surface area is 168 Å². The summed E-state index contributed by atoms with van der Waals surface area (Å²) in [5.74, 6) is 0. The number of anilines is 1. The van der Waals surface area contributed by atoms with Gasteiger partial charge in [0.1, 0.15) is 15.4 Å². The maximum Gasteiger partial charge on any atom is 0.261 e. The van der Waals surface area contributed by atoms with Gasteiger partial charge < -0.3 is 0 Å². The number of pyridine rings is 1. The molecule has 0 aliphatic heterocycles. The summed E-state index contributed by atoms with van der Waals surface area (Å²) in [5.41, 5.74) is 4.29. The molecule has 5 nitrogen and oxygen atoms in total. The number of fused-ring (bicyclic) bond motifs is 1. The van der Waals surface area contributed by atoms with Crippen molar-refractivity contribution in [2.75, 3.05) is 4.72 Å². The average Bonchev–Trinajstić information content (AvgIpc) is 3.14. The van der Waals surface area contributed by atoms with Gasteiger partial charge in [-0.1, -0.05) is 30.4 Å². The van der Waals surface area contributed by atoms with Gasteiger partial charge in [0.05, 0.1) is 10.6 Å². The molecule has 7 heteroatoms. The average molecular weight is 410 g/mol. The summed E-state index contributed by atoms with van der Waals surface area (Å²) in [6.07, 6.45) is 2.62. The Hall–Kier alpha value is -2.77. The monoisotopic (exact) mass is 409 g/mol. The minimum absolute atomic E-state index is 0.255. The van der Waals surface area contributed by atoms with Crippen molar-refractivity contribution in [2.45, 2.75) is 25.2 Å². The Kier molecular flexibility index (Phi) is 4.87. The highest BCUT2D eigenvalue weighted by Crippen LogP contribution is 2.31. The van der Waals surface area contributed by atoms with Gasteiger partial charge in [0.25, 0.3) is 10.0 Å². The summed E-state index contributed by atoms with van der Waals surface area (Å²) in [6.45, 7) is 3.92. The highest BCUT2D eigenvalue weighted by Gasteiger charge is 2.16. The second-order valence-corrected chi connectivity index (χ2v) is 9.14. The van der Waals surface area contributed by atoms with Gasteiger partial charge in [0.2, 0.25) is 0 Å². The van der Waals surface area contributed by atoms with Crippen molar-refractivity contribution in [1.82, 2.24) is 9.97 Å². The van der Waals surface area contributed by atoms with Crippen LogP contribution in [0.2, 0.25) is 0 Å². The van der Waals surface area contributed by atoms with E-state index >= 15 is 0 Å². The van der Waals surface area contributed by atoms with Crippen LogP contribution in [0.1, 0.15) is 18.1 Å². The standard InChI is InChI=1S/C21H19N3O2S2/c1-3-15-6-9-17(10-7-15)28(25,26)24-18-11-8-16(13-14(18)2)20-23-19-5-4-12-22-21(19)27-20/h4-13,24H,3H2,1-2H3. The molecule has 0 radical (unpaired) electrons. The zero-order valence-corrected chi connectivity index (χ0v) is 17.1. The molecule has 0 unspecified atom stereocenters. The lowest BCUT2D eigenvalue weighted by molar-refractivity contribution is 0.601. The lowest BCUT2D eigenvalue weighted by Crippen LogP contribution is -2.13. The quantitative estimate of drug-likeness (QED) is 0.502. The van der Waals surface area contributed by atoms with Crippen molar-refractivity contribution in [3.05, 3.63) is 71.9 Å². The fourth-order valence-corrected chi connectivity index (χ4v) is 4.95. The number of hydrogen-bond donors (Lipinski definition) is 1. The first kappa shape index (κ1) is 18.6. The topological polar surface area (TPSA) is 72.0 Å². The number of thiazole rings is 1. The van der Waals surface area contributed by atoms with Crippen molar-refractivity contribution in [2.24, 2.45) is 0 Å². The van der Waals surface area contributed by atoms with Crippen LogP contribution in [0.25, 0.3) is 20.9 Å². The van der Waals surface area contributed by atoms with E-state index in [9.17, 15) is 8.42 Å². The zero-order valence-electron chi connectivity index (χ0n) is 15.5. The van der Waals surface area contributed by atoms with Crippen LogP contribution in [0.15, 0.2) is 65.7 Å². The summed E-state index contributed by atoms with van der Waals surface area (Å²) >= 11 is 1.52. The van der Waals surface area contributed by atoms with E-state index in [4.69, 9.17) is 0 Å². The van der Waals surface area contributed by atoms with E-state index in [1.807, 2.05) is 50.2 Å². The van der Waals surface area contributed by atoms with Crippen LogP contribution in [-0.4, -0.2) is 18.4 Å². The van der Waals surface area contributed by atoms with E-state index in [1.54, 1.807) is 24.4 Å². The molecule has 1 N–H and O–H groups in total. The van der Waals surface area contributed by atoms with Crippen molar-refractivity contribution in [1.29, 1.82) is 0 Å². The van der Waals surface area contributed by atoms with Crippen LogP contribution in [-0.2, 0) is 16.4 Å². The highest BCUT2D eigenvalue weighted by molar-refractivity contribution is 7.92. The molecule has 0 atom stereocenters. The minimum atomic E-state index is -3.63. The zero-order chi connectivity index (χ0) is 19.7. The first-order chi connectivity index (χ1) is 13.5. The number of benzene rings is 2. The van der Waals surface area contributed by atoms with E-state index in [1.165, 1.54) is 11.3 Å². The van der Waals surface area contributed by atoms with Crippen LogP contribution in [0.4, 0.5) is 5.69 Å². The summed E-state index contributed by atoms with van der Waals surface area (Å²) in [4.78, 5) is 10.1. The van der Waals surface area contributed by atoms with Crippen LogP contribution < -0.4 is 4.72 Å². The number of aryl methyl sites for hydroxylation is 2. The Morgan fingerprint density at radius 3 is 2.54 bits per heavy atom. The van der Waals surface area contributed by atoms with Gasteiger partial charge in [0.15, 0.2) is 0 Å². The fourth-order valence-electron chi connectivity index (χ4n) is 2.91. The normalized spacial score (nSPS) is 11.6. The third kappa shape index (κ3) is 3.63. The van der Waals surface area contributed by atoms with Gasteiger partial charge in [-0.2, -0.15) is 0 Å². The summed E-state index contributed by atoms with van der Waals surface area (Å²) < 4.78 is 28.1. The Bertz CT molecular complexity index is 1210. The van der Waals surface area contributed by atoms with E-state index in [-0.39, 0.29) is 4.90 Å². The second-order valence-electron chi connectivity index (χ2n) is 6.48. The van der Waals surface area contributed by atoms with Gasteiger partial charge in [-0.25, -0.2) is 18.4 Å². The summed E-state index contributed by atoms with van der Waals surface area (Å²) in [5, 5.41) is 0.862. The SMILES string of the molecule is CCc1ccc(S(=O)(=O)Nc2ccc(-c3nc4cccnc4s3)cc2C)cc1. The molecule has 2 aromatic heterocycles. The predicted octanol–water partition coefficient (Wildman–Crippen LogP) is 5.03. The lowest BCUT2D eigenvalue weighted by Gasteiger charge is -2.12. The van der Waals surface area contributed by atoms with Crippen LogP contribution in [0.3, 0.4) is 0 Å². The number of hydrogen-bond acceptors (Lipinski definition) is 5. The number of rotatable bonds is 5. The second kappa shape index (κ2) is 7.33. The third-order valence-electron chi connectivity index (χ3n) is 4.53. The largest absolute Gasteiger partial charge is 0.279 e. The molecular weight excluding hydrogens is 390 g/mol. The molecule has 2 heterocycles. The predicted molar refractivity (Wildman–Crippen MR) is 114 cm³/mol. The number of aromatic nitrogens is 2. The highest BCUT2D eigenvalue weighted by atomic mass is 32.2. The van der Waals surface area contributed by atoms with Crippen LogP contribution in [0.5, 0.6) is 0 Å².